The van der Waals surface area contributed by atoms with E-state index in [-0.39, 0.29) is 52.7 Å². The van der Waals surface area contributed by atoms with E-state index >= 15 is 4.39 Å². The van der Waals surface area contributed by atoms with Gasteiger partial charge in [-0.05, 0) is 55.1 Å². The Kier molecular flexibility index (Phi) is 7.34. The number of halogens is 4. The topological polar surface area (TPSA) is 72.7 Å². The van der Waals surface area contributed by atoms with E-state index in [0.717, 1.165) is 0 Å². The molecule has 0 radical (unpaired) electrons. The van der Waals surface area contributed by atoms with Crippen molar-refractivity contribution in [3.8, 4) is 23.1 Å². The summed E-state index contributed by atoms with van der Waals surface area (Å²) in [4.78, 5) is 22.8. The molecule has 3 aliphatic rings. The molecule has 230 valence electrons. The molecular formula is C34H29ClF3N5O2. The number of rotatable bonds is 6. The molecule has 1 amide bonds. The fourth-order valence-corrected chi connectivity index (χ4v) is 7.41. The second kappa shape index (κ2) is 11.2. The van der Waals surface area contributed by atoms with Crippen LogP contribution in [0.5, 0.6) is 5.88 Å². The molecule has 1 aromatic heterocycles. The molecule has 45 heavy (non-hydrogen) atoms. The minimum absolute atomic E-state index is 0.0655. The SMILES string of the molecule is C=CC(=O)N1CC[C@@H]2[C@H]1CN2c1c(C#N)c(OC[C@@H]2C[C@@H](F)CN2C)nc2cc(-c3cccc4ccc(F)c(Cl)c34)c(F)cc12. The number of aromatic nitrogens is 1. The number of nitriles is 1. The zero-order chi connectivity index (χ0) is 31.6. The number of ether oxygens (including phenoxy) is 1. The van der Waals surface area contributed by atoms with Crippen LogP contribution in [0.1, 0.15) is 18.4 Å². The number of hydrogen-bond acceptors (Lipinski definition) is 6. The average Bonchev–Trinajstić information content (AvgIpc) is 3.53. The highest BCUT2D eigenvalue weighted by Crippen LogP contribution is 2.45. The van der Waals surface area contributed by atoms with Gasteiger partial charge in [0.25, 0.3) is 0 Å². The van der Waals surface area contributed by atoms with Gasteiger partial charge in [0, 0.05) is 42.0 Å². The fraction of sp³-hybridized carbons (Fsp3) is 0.324. The Morgan fingerprint density at radius 2 is 2.00 bits per heavy atom. The normalized spacial score (nSPS) is 22.8. The van der Waals surface area contributed by atoms with Gasteiger partial charge in [0.05, 0.1) is 28.3 Å². The Labute approximate surface area is 263 Å². The van der Waals surface area contributed by atoms with E-state index in [1.54, 1.807) is 35.2 Å². The summed E-state index contributed by atoms with van der Waals surface area (Å²) in [5, 5.41) is 11.7. The maximum absolute atomic E-state index is 16.2. The van der Waals surface area contributed by atoms with Crippen molar-refractivity contribution in [2.45, 2.75) is 37.1 Å². The molecule has 7 rings (SSSR count). The highest BCUT2D eigenvalue weighted by molar-refractivity contribution is 6.37. The van der Waals surface area contributed by atoms with Gasteiger partial charge in [-0.15, -0.1) is 0 Å². The lowest BCUT2D eigenvalue weighted by Crippen LogP contribution is -2.63. The van der Waals surface area contributed by atoms with Crippen LogP contribution in [0.2, 0.25) is 5.02 Å². The minimum atomic E-state index is -0.969. The molecule has 0 bridgehead atoms. The van der Waals surface area contributed by atoms with E-state index in [2.05, 4.69) is 12.6 Å². The number of carbonyl (C=O) groups excluding carboxylic acids is 1. The summed E-state index contributed by atoms with van der Waals surface area (Å²) in [5.41, 5.74) is 1.54. The van der Waals surface area contributed by atoms with E-state index < -0.39 is 17.8 Å². The molecule has 0 N–H and O–H groups in total. The summed E-state index contributed by atoms with van der Waals surface area (Å²) < 4.78 is 51.0. The molecule has 0 spiro atoms. The third-order valence-electron chi connectivity index (χ3n) is 9.44. The van der Waals surface area contributed by atoms with Crippen LogP contribution in [0, 0.1) is 23.0 Å². The second-order valence-electron chi connectivity index (χ2n) is 11.9. The van der Waals surface area contributed by atoms with Gasteiger partial charge in [-0.1, -0.05) is 42.4 Å². The highest BCUT2D eigenvalue weighted by Gasteiger charge is 2.49. The lowest BCUT2D eigenvalue weighted by Gasteiger charge is -2.48. The molecule has 4 atom stereocenters. The largest absolute Gasteiger partial charge is 0.475 e. The fourth-order valence-electron chi connectivity index (χ4n) is 7.14. The standard InChI is InChI=1S/C34H29ClF3N5O2/c1-3-30(44)42-10-9-28-29(42)16-43(28)33-23-12-26(38)22(21-6-4-5-18-7-8-25(37)32(35)31(18)21)13-27(23)40-34(24(33)14-39)45-17-20-11-19(36)15-41(20)2/h3-8,12-13,19-20,28-29H,1,9-11,15-17H2,2H3/t19-,20+,28-,29-/m1/s1. The predicted molar refractivity (Wildman–Crippen MR) is 167 cm³/mol. The van der Waals surface area contributed by atoms with Crippen molar-refractivity contribution in [3.63, 3.8) is 0 Å². The van der Waals surface area contributed by atoms with Crippen molar-refractivity contribution in [2.75, 3.05) is 38.2 Å². The Bertz CT molecular complexity index is 1930. The van der Waals surface area contributed by atoms with Crippen molar-refractivity contribution in [1.82, 2.24) is 14.8 Å². The van der Waals surface area contributed by atoms with Crippen LogP contribution >= 0.6 is 11.6 Å². The molecule has 7 nitrogen and oxygen atoms in total. The van der Waals surface area contributed by atoms with E-state index in [1.807, 2.05) is 16.8 Å². The third-order valence-corrected chi connectivity index (χ3v) is 9.81. The Balaban J connectivity index is 1.38. The van der Waals surface area contributed by atoms with Crippen LogP contribution in [0.25, 0.3) is 32.8 Å². The van der Waals surface area contributed by atoms with Crippen LogP contribution in [0.3, 0.4) is 0 Å². The smallest absolute Gasteiger partial charge is 0.246 e. The molecule has 0 saturated carbocycles. The number of likely N-dealkylation sites (N-methyl/N-ethyl adjacent to an activating group) is 1. The van der Waals surface area contributed by atoms with Gasteiger partial charge in [-0.25, -0.2) is 18.2 Å². The minimum Gasteiger partial charge on any atom is -0.475 e. The number of benzene rings is 3. The van der Waals surface area contributed by atoms with Crippen LogP contribution in [-0.2, 0) is 4.79 Å². The first-order valence-electron chi connectivity index (χ1n) is 14.8. The first-order chi connectivity index (χ1) is 21.7. The maximum Gasteiger partial charge on any atom is 0.246 e. The predicted octanol–water partition coefficient (Wildman–Crippen LogP) is 6.25. The number of anilines is 1. The van der Waals surface area contributed by atoms with Crippen molar-refractivity contribution in [2.24, 2.45) is 0 Å². The summed E-state index contributed by atoms with van der Waals surface area (Å²) in [7, 11) is 1.82. The van der Waals surface area contributed by atoms with E-state index in [1.165, 1.54) is 18.2 Å². The monoisotopic (exact) mass is 631 g/mol. The molecule has 3 saturated heterocycles. The first-order valence-corrected chi connectivity index (χ1v) is 15.2. The van der Waals surface area contributed by atoms with Crippen molar-refractivity contribution < 1.29 is 22.7 Å². The van der Waals surface area contributed by atoms with Gasteiger partial charge in [0.15, 0.2) is 0 Å². The van der Waals surface area contributed by atoms with Gasteiger partial charge in [-0.2, -0.15) is 5.26 Å². The zero-order valence-corrected chi connectivity index (χ0v) is 25.2. The number of hydrogen-bond donors (Lipinski definition) is 0. The van der Waals surface area contributed by atoms with E-state index in [0.29, 0.717) is 65.4 Å². The van der Waals surface area contributed by atoms with Crippen LogP contribution < -0.4 is 9.64 Å². The second-order valence-corrected chi connectivity index (χ2v) is 12.3. The Hall–Kier alpha value is -4.33. The molecular weight excluding hydrogens is 603 g/mol. The summed E-state index contributed by atoms with van der Waals surface area (Å²) >= 11 is 6.39. The summed E-state index contributed by atoms with van der Waals surface area (Å²) in [5.74, 6) is -1.30. The van der Waals surface area contributed by atoms with Crippen LogP contribution in [0.15, 0.2) is 55.1 Å². The summed E-state index contributed by atoms with van der Waals surface area (Å²) in [6, 6.07) is 12.8. The van der Waals surface area contributed by atoms with E-state index in [9.17, 15) is 18.8 Å². The lowest BCUT2D eigenvalue weighted by molar-refractivity contribution is -0.127. The third kappa shape index (κ3) is 4.77. The summed E-state index contributed by atoms with van der Waals surface area (Å²) in [6.07, 6.45) is 1.30. The molecule has 3 fully saturated rings. The molecule has 0 unspecified atom stereocenters. The van der Waals surface area contributed by atoms with Gasteiger partial charge in [0.1, 0.15) is 36.0 Å². The van der Waals surface area contributed by atoms with Gasteiger partial charge in [0.2, 0.25) is 11.8 Å². The number of alkyl halides is 1. The molecule has 4 heterocycles. The van der Waals surface area contributed by atoms with Crippen molar-refractivity contribution in [3.05, 3.63) is 77.3 Å². The zero-order valence-electron chi connectivity index (χ0n) is 24.4. The Morgan fingerprint density at radius 1 is 1.18 bits per heavy atom. The van der Waals surface area contributed by atoms with Crippen LogP contribution in [-0.4, -0.2) is 78.3 Å². The quantitative estimate of drug-likeness (QED) is 0.234. The van der Waals surface area contributed by atoms with Gasteiger partial charge < -0.3 is 14.5 Å². The molecule has 0 aliphatic carbocycles. The molecule has 3 aromatic carbocycles. The molecule has 4 aromatic rings. The lowest BCUT2D eigenvalue weighted by atomic mass is 9.92. The molecule has 11 heteroatoms. The first kappa shape index (κ1) is 29.4. The van der Waals surface area contributed by atoms with Crippen LogP contribution in [0.4, 0.5) is 18.9 Å². The van der Waals surface area contributed by atoms with Gasteiger partial charge >= 0.3 is 0 Å². The number of amides is 1. The van der Waals surface area contributed by atoms with Crippen molar-refractivity contribution in [1.29, 1.82) is 5.26 Å². The van der Waals surface area contributed by atoms with E-state index in [4.69, 9.17) is 21.3 Å². The number of pyridine rings is 1. The van der Waals surface area contributed by atoms with Crippen molar-refractivity contribution >= 4 is 44.9 Å². The average molecular weight is 632 g/mol. The number of nitrogens with zero attached hydrogens (tertiary/aromatic N) is 5. The number of likely N-dealkylation sites (tertiary alicyclic amines) is 2. The Morgan fingerprint density at radius 3 is 2.73 bits per heavy atom. The number of carbonyl (C=O) groups is 1. The maximum atomic E-state index is 16.2. The molecule has 3 aliphatic heterocycles. The van der Waals surface area contributed by atoms with Gasteiger partial charge in [-0.3, -0.25) is 9.69 Å². The number of fused-ring (bicyclic) bond motifs is 3. The highest BCUT2D eigenvalue weighted by atomic mass is 35.5. The summed E-state index contributed by atoms with van der Waals surface area (Å²) in [6.45, 7) is 5.00.